The van der Waals surface area contributed by atoms with Gasteiger partial charge in [-0.3, -0.25) is 14.5 Å². The van der Waals surface area contributed by atoms with Crippen molar-refractivity contribution in [1.29, 1.82) is 0 Å². The molecule has 1 saturated heterocycles. The summed E-state index contributed by atoms with van der Waals surface area (Å²) in [5.41, 5.74) is -0.789. The standard InChI is InChI=1S/C15H26N2O3/c1-3-16-8-9-17(11-12(16)2)13(18)10-15(14(19)20)6-4-5-7-15/h12H,3-11H2,1-2H3,(H,19,20). The molecule has 1 atom stereocenters. The maximum Gasteiger partial charge on any atom is 0.310 e. The minimum Gasteiger partial charge on any atom is -0.481 e. The number of amides is 1. The van der Waals surface area contributed by atoms with Crippen LogP contribution in [-0.4, -0.2) is 59.0 Å². The van der Waals surface area contributed by atoms with Crippen LogP contribution in [0.3, 0.4) is 0 Å². The third-order valence-electron chi connectivity index (χ3n) is 5.03. The number of aliphatic carboxylic acids is 1. The van der Waals surface area contributed by atoms with E-state index in [4.69, 9.17) is 0 Å². The number of piperazine rings is 1. The monoisotopic (exact) mass is 282 g/mol. The van der Waals surface area contributed by atoms with Crippen LogP contribution < -0.4 is 0 Å². The molecule has 1 saturated carbocycles. The van der Waals surface area contributed by atoms with Gasteiger partial charge in [0.15, 0.2) is 0 Å². The first-order valence-corrected chi connectivity index (χ1v) is 7.74. The molecule has 20 heavy (non-hydrogen) atoms. The molecule has 0 radical (unpaired) electrons. The first kappa shape index (κ1) is 15.3. The Kier molecular flexibility index (Phi) is 4.68. The summed E-state index contributed by atoms with van der Waals surface area (Å²) in [4.78, 5) is 28.2. The van der Waals surface area contributed by atoms with Crippen LogP contribution in [0.1, 0.15) is 46.0 Å². The van der Waals surface area contributed by atoms with E-state index in [0.717, 1.165) is 39.0 Å². The Hall–Kier alpha value is -1.10. The predicted octanol–water partition coefficient (Wildman–Crippen LogP) is 1.57. The summed E-state index contributed by atoms with van der Waals surface area (Å²) < 4.78 is 0. The summed E-state index contributed by atoms with van der Waals surface area (Å²) in [5.74, 6) is -0.763. The predicted molar refractivity (Wildman–Crippen MR) is 76.4 cm³/mol. The molecule has 114 valence electrons. The molecule has 2 rings (SSSR count). The van der Waals surface area contributed by atoms with Crippen LogP contribution in [0.4, 0.5) is 0 Å². The van der Waals surface area contributed by atoms with Crippen molar-refractivity contribution in [2.24, 2.45) is 5.41 Å². The molecule has 0 bridgehead atoms. The highest BCUT2D eigenvalue weighted by molar-refractivity contribution is 5.85. The molecule has 1 N–H and O–H groups in total. The van der Waals surface area contributed by atoms with Gasteiger partial charge in [-0.2, -0.15) is 0 Å². The minimum atomic E-state index is -0.789. The molecule has 1 aliphatic heterocycles. The topological polar surface area (TPSA) is 60.9 Å². The van der Waals surface area contributed by atoms with Gasteiger partial charge in [-0.05, 0) is 26.3 Å². The van der Waals surface area contributed by atoms with Gasteiger partial charge in [0.2, 0.25) is 5.91 Å². The fourth-order valence-electron chi connectivity index (χ4n) is 3.61. The fourth-order valence-corrected chi connectivity index (χ4v) is 3.61. The van der Waals surface area contributed by atoms with Crippen molar-refractivity contribution < 1.29 is 14.7 Å². The van der Waals surface area contributed by atoms with Gasteiger partial charge >= 0.3 is 5.97 Å². The number of nitrogens with zero attached hydrogens (tertiary/aromatic N) is 2. The van der Waals surface area contributed by atoms with Gasteiger partial charge in [0.25, 0.3) is 0 Å². The second-order valence-corrected chi connectivity index (χ2v) is 6.29. The zero-order valence-corrected chi connectivity index (χ0v) is 12.6. The van der Waals surface area contributed by atoms with Crippen molar-refractivity contribution in [2.45, 2.75) is 52.0 Å². The summed E-state index contributed by atoms with van der Waals surface area (Å²) >= 11 is 0. The highest BCUT2D eigenvalue weighted by atomic mass is 16.4. The van der Waals surface area contributed by atoms with Crippen molar-refractivity contribution >= 4 is 11.9 Å². The molecule has 2 fully saturated rings. The molecule has 1 unspecified atom stereocenters. The van der Waals surface area contributed by atoms with E-state index >= 15 is 0 Å². The van der Waals surface area contributed by atoms with E-state index < -0.39 is 11.4 Å². The zero-order valence-electron chi connectivity index (χ0n) is 12.6. The molecule has 1 heterocycles. The van der Waals surface area contributed by atoms with Crippen LogP contribution in [0.25, 0.3) is 0 Å². The second kappa shape index (κ2) is 6.12. The number of carboxylic acid groups (broad SMARTS) is 1. The zero-order chi connectivity index (χ0) is 14.8. The third kappa shape index (κ3) is 2.97. The average molecular weight is 282 g/mol. The number of carbonyl (C=O) groups excluding carboxylic acids is 1. The SMILES string of the molecule is CCN1CCN(C(=O)CC2(C(=O)O)CCCC2)CC1C. The quantitative estimate of drug-likeness (QED) is 0.850. The lowest BCUT2D eigenvalue weighted by Gasteiger charge is -2.40. The van der Waals surface area contributed by atoms with Gasteiger partial charge in [0.05, 0.1) is 5.41 Å². The molecule has 1 amide bonds. The summed E-state index contributed by atoms with van der Waals surface area (Å²) in [5, 5.41) is 9.46. The Bertz CT molecular complexity index is 377. The lowest BCUT2D eigenvalue weighted by atomic mass is 9.82. The van der Waals surface area contributed by atoms with Crippen LogP contribution in [0, 0.1) is 5.41 Å². The third-order valence-corrected chi connectivity index (χ3v) is 5.03. The van der Waals surface area contributed by atoms with Gasteiger partial charge in [-0.25, -0.2) is 0 Å². The van der Waals surface area contributed by atoms with E-state index in [1.807, 2.05) is 4.90 Å². The maximum absolute atomic E-state index is 12.4. The van der Waals surface area contributed by atoms with Crippen LogP contribution in [0.2, 0.25) is 0 Å². The fraction of sp³-hybridized carbons (Fsp3) is 0.867. The minimum absolute atomic E-state index is 0.0249. The van der Waals surface area contributed by atoms with E-state index in [0.29, 0.717) is 18.9 Å². The maximum atomic E-state index is 12.4. The molecule has 2 aliphatic rings. The van der Waals surface area contributed by atoms with E-state index in [1.165, 1.54) is 0 Å². The van der Waals surface area contributed by atoms with Gasteiger partial charge in [-0.15, -0.1) is 0 Å². The second-order valence-electron chi connectivity index (χ2n) is 6.29. The number of carboxylic acids is 1. The number of rotatable bonds is 4. The van der Waals surface area contributed by atoms with Crippen LogP contribution in [0.15, 0.2) is 0 Å². The molecule has 0 aromatic rings. The van der Waals surface area contributed by atoms with E-state index in [2.05, 4.69) is 18.7 Å². The Labute approximate surface area is 120 Å². The Balaban J connectivity index is 1.96. The lowest BCUT2D eigenvalue weighted by Crippen LogP contribution is -2.54. The van der Waals surface area contributed by atoms with Crippen molar-refractivity contribution in [2.75, 3.05) is 26.2 Å². The van der Waals surface area contributed by atoms with E-state index in [1.54, 1.807) is 0 Å². The number of likely N-dealkylation sites (N-methyl/N-ethyl adjacent to an activating group) is 1. The van der Waals surface area contributed by atoms with E-state index in [-0.39, 0.29) is 12.3 Å². The van der Waals surface area contributed by atoms with Crippen molar-refractivity contribution in [3.8, 4) is 0 Å². The smallest absolute Gasteiger partial charge is 0.310 e. The molecular formula is C15H26N2O3. The largest absolute Gasteiger partial charge is 0.481 e. The first-order valence-electron chi connectivity index (χ1n) is 7.74. The van der Waals surface area contributed by atoms with Crippen molar-refractivity contribution in [3.63, 3.8) is 0 Å². The van der Waals surface area contributed by atoms with Crippen molar-refractivity contribution in [1.82, 2.24) is 9.80 Å². The van der Waals surface area contributed by atoms with Crippen LogP contribution in [-0.2, 0) is 9.59 Å². The molecule has 0 spiro atoms. The van der Waals surface area contributed by atoms with E-state index in [9.17, 15) is 14.7 Å². The molecule has 0 aromatic heterocycles. The average Bonchev–Trinajstić information content (AvgIpc) is 2.88. The van der Waals surface area contributed by atoms with Gasteiger partial charge in [0.1, 0.15) is 0 Å². The van der Waals surface area contributed by atoms with Crippen LogP contribution >= 0.6 is 0 Å². The highest BCUT2D eigenvalue weighted by Crippen LogP contribution is 2.41. The highest BCUT2D eigenvalue weighted by Gasteiger charge is 2.44. The first-order chi connectivity index (χ1) is 9.48. The summed E-state index contributed by atoms with van der Waals surface area (Å²) in [6, 6.07) is 0.363. The summed E-state index contributed by atoms with van der Waals surface area (Å²) in [6.07, 6.45) is 3.34. The normalized spacial score (nSPS) is 26.7. The summed E-state index contributed by atoms with van der Waals surface area (Å²) in [7, 11) is 0. The van der Waals surface area contributed by atoms with Gasteiger partial charge in [0, 0.05) is 32.1 Å². The summed E-state index contributed by atoms with van der Waals surface area (Å²) in [6.45, 7) is 7.61. The molecule has 0 aromatic carbocycles. The molecular weight excluding hydrogens is 256 g/mol. The number of carbonyl (C=O) groups is 2. The molecule has 5 nitrogen and oxygen atoms in total. The molecule has 5 heteroatoms. The van der Waals surface area contributed by atoms with Gasteiger partial charge in [-0.1, -0.05) is 19.8 Å². The van der Waals surface area contributed by atoms with Gasteiger partial charge < -0.3 is 10.0 Å². The van der Waals surface area contributed by atoms with Crippen molar-refractivity contribution in [3.05, 3.63) is 0 Å². The molecule has 1 aliphatic carbocycles. The number of hydrogen-bond acceptors (Lipinski definition) is 3. The Morgan fingerprint density at radius 1 is 1.25 bits per heavy atom. The Morgan fingerprint density at radius 2 is 1.90 bits per heavy atom. The Morgan fingerprint density at radius 3 is 2.40 bits per heavy atom. The lowest BCUT2D eigenvalue weighted by molar-refractivity contribution is -0.154. The van der Waals surface area contributed by atoms with Crippen LogP contribution in [0.5, 0.6) is 0 Å². The number of hydrogen-bond donors (Lipinski definition) is 1.